The Balaban J connectivity index is 1.91. The SMILES string of the molecule is CC1(C)C(C)(C)C1(C=O)c1cn(Cc2ccccc2)c2ccccc12. The first-order chi connectivity index (χ1) is 11.9. The zero-order valence-electron chi connectivity index (χ0n) is 15.4. The lowest BCUT2D eigenvalue weighted by Crippen LogP contribution is -2.18. The highest BCUT2D eigenvalue weighted by Gasteiger charge is 2.78. The first-order valence-electron chi connectivity index (χ1n) is 8.95. The van der Waals surface area contributed by atoms with Crippen molar-refractivity contribution in [2.24, 2.45) is 10.8 Å². The van der Waals surface area contributed by atoms with Gasteiger partial charge in [-0.2, -0.15) is 0 Å². The molecule has 4 rings (SSSR count). The highest BCUT2D eigenvalue weighted by molar-refractivity contribution is 5.93. The van der Waals surface area contributed by atoms with Crippen molar-refractivity contribution in [3.8, 4) is 0 Å². The normalized spacial score (nSPS) is 19.7. The second-order valence-electron chi connectivity index (χ2n) is 8.35. The smallest absolute Gasteiger partial charge is 0.131 e. The lowest BCUT2D eigenvalue weighted by Gasteiger charge is -2.13. The van der Waals surface area contributed by atoms with E-state index >= 15 is 0 Å². The number of carbonyl (C=O) groups is 1. The Kier molecular flexibility index (Phi) is 3.28. The van der Waals surface area contributed by atoms with Crippen molar-refractivity contribution in [2.75, 3.05) is 0 Å². The molecule has 1 saturated carbocycles. The van der Waals surface area contributed by atoms with Gasteiger partial charge in [0.1, 0.15) is 6.29 Å². The summed E-state index contributed by atoms with van der Waals surface area (Å²) in [5.41, 5.74) is 3.10. The molecule has 128 valence electrons. The van der Waals surface area contributed by atoms with Crippen LogP contribution >= 0.6 is 0 Å². The van der Waals surface area contributed by atoms with E-state index in [9.17, 15) is 4.79 Å². The number of aldehydes is 1. The summed E-state index contributed by atoms with van der Waals surface area (Å²) in [6.45, 7) is 9.67. The number of fused-ring (bicyclic) bond motifs is 1. The van der Waals surface area contributed by atoms with Gasteiger partial charge in [-0.05, 0) is 28.0 Å². The van der Waals surface area contributed by atoms with Gasteiger partial charge < -0.3 is 9.36 Å². The average Bonchev–Trinajstić information content (AvgIpc) is 2.85. The number of carbonyl (C=O) groups excluding carboxylic acids is 1. The molecule has 0 atom stereocenters. The summed E-state index contributed by atoms with van der Waals surface area (Å²) < 4.78 is 2.29. The third kappa shape index (κ3) is 1.88. The zero-order valence-corrected chi connectivity index (χ0v) is 15.4. The van der Waals surface area contributed by atoms with E-state index in [0.29, 0.717) is 0 Å². The van der Waals surface area contributed by atoms with Gasteiger partial charge in [0.05, 0.1) is 5.41 Å². The molecule has 3 aromatic rings. The van der Waals surface area contributed by atoms with Crippen LogP contribution in [0.15, 0.2) is 60.8 Å². The highest BCUT2D eigenvalue weighted by atomic mass is 16.1. The van der Waals surface area contributed by atoms with Gasteiger partial charge in [-0.1, -0.05) is 76.2 Å². The fourth-order valence-electron chi connectivity index (χ4n) is 4.86. The summed E-state index contributed by atoms with van der Waals surface area (Å²) in [7, 11) is 0. The number of hydrogen-bond donors (Lipinski definition) is 0. The summed E-state index contributed by atoms with van der Waals surface area (Å²) in [6, 6.07) is 18.9. The molecule has 25 heavy (non-hydrogen) atoms. The molecule has 1 fully saturated rings. The molecule has 2 nitrogen and oxygen atoms in total. The van der Waals surface area contributed by atoms with Crippen molar-refractivity contribution in [1.29, 1.82) is 0 Å². The summed E-state index contributed by atoms with van der Waals surface area (Å²) in [4.78, 5) is 12.3. The molecule has 0 spiro atoms. The minimum absolute atomic E-state index is 0.0521. The van der Waals surface area contributed by atoms with Crippen LogP contribution in [-0.2, 0) is 16.8 Å². The van der Waals surface area contributed by atoms with Crippen LogP contribution in [0.1, 0.15) is 38.8 Å². The van der Waals surface area contributed by atoms with Crippen molar-refractivity contribution in [3.63, 3.8) is 0 Å². The molecule has 0 bridgehead atoms. The fourth-order valence-corrected chi connectivity index (χ4v) is 4.86. The molecule has 1 aliphatic carbocycles. The van der Waals surface area contributed by atoms with Gasteiger partial charge in [0.15, 0.2) is 0 Å². The number of rotatable bonds is 4. The average molecular weight is 331 g/mol. The van der Waals surface area contributed by atoms with Crippen LogP contribution in [0.4, 0.5) is 0 Å². The Morgan fingerprint density at radius 1 is 0.880 bits per heavy atom. The Labute approximate surface area is 149 Å². The standard InChI is InChI=1S/C23H25NO/c1-21(2)22(3,4)23(21,16-25)19-15-24(14-17-10-6-5-7-11-17)20-13-9-8-12-18(19)20/h5-13,15-16H,14H2,1-4H3. The number of para-hydroxylation sites is 1. The van der Waals surface area contributed by atoms with Crippen LogP contribution < -0.4 is 0 Å². The summed E-state index contributed by atoms with van der Waals surface area (Å²) in [5, 5.41) is 1.20. The number of benzene rings is 2. The summed E-state index contributed by atoms with van der Waals surface area (Å²) in [5.74, 6) is 0. The van der Waals surface area contributed by atoms with Crippen LogP contribution in [0.3, 0.4) is 0 Å². The van der Waals surface area contributed by atoms with E-state index in [4.69, 9.17) is 0 Å². The van der Waals surface area contributed by atoms with E-state index in [2.05, 4.69) is 87.0 Å². The first-order valence-corrected chi connectivity index (χ1v) is 8.95. The molecule has 2 heteroatoms. The van der Waals surface area contributed by atoms with E-state index < -0.39 is 5.41 Å². The minimum atomic E-state index is -0.429. The molecule has 1 aliphatic rings. The van der Waals surface area contributed by atoms with Crippen LogP contribution in [0, 0.1) is 10.8 Å². The molecule has 2 aromatic carbocycles. The van der Waals surface area contributed by atoms with E-state index in [-0.39, 0.29) is 10.8 Å². The van der Waals surface area contributed by atoms with Crippen molar-refractivity contribution >= 4 is 17.2 Å². The van der Waals surface area contributed by atoms with Gasteiger partial charge in [-0.25, -0.2) is 0 Å². The largest absolute Gasteiger partial charge is 0.343 e. The molecular weight excluding hydrogens is 306 g/mol. The summed E-state index contributed by atoms with van der Waals surface area (Å²) in [6.07, 6.45) is 3.41. The molecule has 0 saturated heterocycles. The third-order valence-corrected chi connectivity index (χ3v) is 7.06. The lowest BCUT2D eigenvalue weighted by atomic mass is 9.87. The van der Waals surface area contributed by atoms with Gasteiger partial charge in [-0.3, -0.25) is 0 Å². The maximum absolute atomic E-state index is 12.3. The molecule has 1 heterocycles. The molecule has 0 aliphatic heterocycles. The molecule has 0 N–H and O–H groups in total. The van der Waals surface area contributed by atoms with Gasteiger partial charge in [-0.15, -0.1) is 0 Å². The highest BCUT2D eigenvalue weighted by Crippen LogP contribution is 2.77. The van der Waals surface area contributed by atoms with Gasteiger partial charge in [0.25, 0.3) is 0 Å². The number of nitrogens with zero attached hydrogens (tertiary/aromatic N) is 1. The Morgan fingerprint density at radius 3 is 2.08 bits per heavy atom. The van der Waals surface area contributed by atoms with Gasteiger partial charge in [0.2, 0.25) is 0 Å². The quantitative estimate of drug-likeness (QED) is 0.603. The monoisotopic (exact) mass is 331 g/mol. The Bertz CT molecular complexity index is 933. The predicted octanol–water partition coefficient (Wildman–Crippen LogP) is 5.19. The number of aromatic nitrogens is 1. The molecule has 0 amide bonds. The first kappa shape index (κ1) is 16.1. The Morgan fingerprint density at radius 2 is 1.48 bits per heavy atom. The molecule has 0 radical (unpaired) electrons. The topological polar surface area (TPSA) is 22.0 Å². The maximum Gasteiger partial charge on any atom is 0.131 e. The van der Waals surface area contributed by atoms with Crippen LogP contribution in [-0.4, -0.2) is 10.9 Å². The van der Waals surface area contributed by atoms with Gasteiger partial charge >= 0.3 is 0 Å². The predicted molar refractivity (Wildman–Crippen MR) is 103 cm³/mol. The van der Waals surface area contributed by atoms with Gasteiger partial charge in [0, 0.05) is 23.6 Å². The third-order valence-electron chi connectivity index (χ3n) is 7.06. The van der Waals surface area contributed by atoms with Crippen LogP contribution in [0.2, 0.25) is 0 Å². The van der Waals surface area contributed by atoms with E-state index in [1.165, 1.54) is 28.3 Å². The van der Waals surface area contributed by atoms with Crippen molar-refractivity contribution in [3.05, 3.63) is 71.9 Å². The van der Waals surface area contributed by atoms with E-state index in [1.54, 1.807) is 0 Å². The van der Waals surface area contributed by atoms with E-state index in [0.717, 1.165) is 6.54 Å². The molecule has 1 aromatic heterocycles. The second kappa shape index (κ2) is 5.08. The second-order valence-corrected chi connectivity index (χ2v) is 8.35. The Hall–Kier alpha value is -2.35. The molecular formula is C23H25NO. The van der Waals surface area contributed by atoms with Crippen LogP contribution in [0.5, 0.6) is 0 Å². The van der Waals surface area contributed by atoms with E-state index in [1.807, 2.05) is 6.07 Å². The van der Waals surface area contributed by atoms with Crippen LogP contribution in [0.25, 0.3) is 10.9 Å². The number of hydrogen-bond acceptors (Lipinski definition) is 1. The maximum atomic E-state index is 12.3. The summed E-state index contributed by atoms with van der Waals surface area (Å²) >= 11 is 0. The molecule has 0 unspecified atom stereocenters. The van der Waals surface area contributed by atoms with Crippen molar-refractivity contribution < 1.29 is 4.79 Å². The van der Waals surface area contributed by atoms with Crippen molar-refractivity contribution in [1.82, 2.24) is 4.57 Å². The fraction of sp³-hybridized carbons (Fsp3) is 0.348. The van der Waals surface area contributed by atoms with Crippen molar-refractivity contribution in [2.45, 2.75) is 39.7 Å². The zero-order chi connectivity index (χ0) is 17.9. The minimum Gasteiger partial charge on any atom is -0.343 e. The lowest BCUT2D eigenvalue weighted by molar-refractivity contribution is -0.111.